The molecule has 1 rings (SSSR count). The van der Waals surface area contributed by atoms with Crippen LogP contribution in [0.15, 0.2) is 12.1 Å². The SMILES string of the molecule is CCOc1ccc(C(C)CCC(N)CC)c(OCC)c1OCC. The van der Waals surface area contributed by atoms with Crippen molar-refractivity contribution >= 4 is 0 Å². The number of ether oxygens (including phenoxy) is 3. The van der Waals surface area contributed by atoms with Gasteiger partial charge in [0.05, 0.1) is 19.8 Å². The Bertz CT molecular complexity index is 462. The van der Waals surface area contributed by atoms with E-state index in [-0.39, 0.29) is 6.04 Å². The Balaban J connectivity index is 3.11. The Labute approximate surface area is 141 Å². The van der Waals surface area contributed by atoms with Gasteiger partial charge in [-0.15, -0.1) is 0 Å². The van der Waals surface area contributed by atoms with Gasteiger partial charge in [0.15, 0.2) is 11.5 Å². The van der Waals surface area contributed by atoms with Gasteiger partial charge in [-0.25, -0.2) is 0 Å². The summed E-state index contributed by atoms with van der Waals surface area (Å²) in [4.78, 5) is 0. The van der Waals surface area contributed by atoms with Gasteiger partial charge in [-0.1, -0.05) is 19.9 Å². The Morgan fingerprint density at radius 3 is 2.04 bits per heavy atom. The topological polar surface area (TPSA) is 53.7 Å². The molecule has 0 saturated carbocycles. The van der Waals surface area contributed by atoms with E-state index in [1.807, 2.05) is 26.8 Å². The van der Waals surface area contributed by atoms with Crippen molar-refractivity contribution in [1.82, 2.24) is 0 Å². The summed E-state index contributed by atoms with van der Waals surface area (Å²) in [6.45, 7) is 12.1. The van der Waals surface area contributed by atoms with Crippen LogP contribution in [0.25, 0.3) is 0 Å². The molecule has 0 aromatic heterocycles. The highest BCUT2D eigenvalue weighted by Gasteiger charge is 2.21. The van der Waals surface area contributed by atoms with Crippen LogP contribution in [0.3, 0.4) is 0 Å². The first-order valence-corrected chi connectivity index (χ1v) is 8.89. The summed E-state index contributed by atoms with van der Waals surface area (Å²) in [5.74, 6) is 2.65. The maximum absolute atomic E-state index is 6.06. The molecule has 2 unspecified atom stereocenters. The van der Waals surface area contributed by atoms with Crippen molar-refractivity contribution in [1.29, 1.82) is 0 Å². The molecule has 0 aliphatic carbocycles. The van der Waals surface area contributed by atoms with Crippen LogP contribution >= 0.6 is 0 Å². The number of nitrogens with two attached hydrogens (primary N) is 1. The number of rotatable bonds is 11. The molecule has 0 fully saturated rings. The molecular formula is C19H33NO3. The molecule has 132 valence electrons. The van der Waals surface area contributed by atoms with Gasteiger partial charge in [-0.2, -0.15) is 0 Å². The average Bonchev–Trinajstić information content (AvgIpc) is 2.55. The van der Waals surface area contributed by atoms with E-state index in [9.17, 15) is 0 Å². The van der Waals surface area contributed by atoms with E-state index in [4.69, 9.17) is 19.9 Å². The lowest BCUT2D eigenvalue weighted by Crippen LogP contribution is -2.19. The van der Waals surface area contributed by atoms with Crippen LogP contribution in [-0.4, -0.2) is 25.9 Å². The number of hydrogen-bond acceptors (Lipinski definition) is 4. The van der Waals surface area contributed by atoms with E-state index in [1.165, 1.54) is 5.56 Å². The second-order valence-corrected chi connectivity index (χ2v) is 5.76. The zero-order valence-electron chi connectivity index (χ0n) is 15.4. The summed E-state index contributed by atoms with van der Waals surface area (Å²) >= 11 is 0. The highest BCUT2D eigenvalue weighted by atomic mass is 16.5. The monoisotopic (exact) mass is 323 g/mol. The fourth-order valence-corrected chi connectivity index (χ4v) is 2.61. The van der Waals surface area contributed by atoms with Crippen molar-refractivity contribution in [3.63, 3.8) is 0 Å². The first-order chi connectivity index (χ1) is 11.1. The van der Waals surface area contributed by atoms with Crippen LogP contribution in [0.2, 0.25) is 0 Å². The summed E-state index contributed by atoms with van der Waals surface area (Å²) in [6, 6.07) is 4.35. The minimum Gasteiger partial charge on any atom is -0.490 e. The second-order valence-electron chi connectivity index (χ2n) is 5.76. The molecule has 0 bridgehead atoms. The summed E-state index contributed by atoms with van der Waals surface area (Å²) in [7, 11) is 0. The lowest BCUT2D eigenvalue weighted by atomic mass is 9.92. The second kappa shape index (κ2) is 10.4. The minimum atomic E-state index is 0.266. The molecule has 1 aromatic carbocycles. The van der Waals surface area contributed by atoms with Crippen molar-refractivity contribution in [3.8, 4) is 17.2 Å². The van der Waals surface area contributed by atoms with E-state index in [2.05, 4.69) is 19.9 Å². The standard InChI is InChI=1S/C19H33NO3/c1-6-15(20)11-10-14(5)16-12-13-17(21-7-2)19(23-9-4)18(16)22-8-3/h12-15H,6-11,20H2,1-5H3. The van der Waals surface area contributed by atoms with E-state index < -0.39 is 0 Å². The van der Waals surface area contributed by atoms with Crippen LogP contribution in [-0.2, 0) is 0 Å². The zero-order chi connectivity index (χ0) is 17.2. The fourth-order valence-electron chi connectivity index (χ4n) is 2.61. The molecule has 0 saturated heterocycles. The van der Waals surface area contributed by atoms with Crippen LogP contribution in [0.4, 0.5) is 0 Å². The molecule has 0 heterocycles. The predicted octanol–water partition coefficient (Wildman–Crippen LogP) is 4.50. The third-order valence-electron chi connectivity index (χ3n) is 4.01. The smallest absolute Gasteiger partial charge is 0.203 e. The van der Waals surface area contributed by atoms with E-state index in [1.54, 1.807) is 0 Å². The van der Waals surface area contributed by atoms with Crippen molar-refractivity contribution in [2.75, 3.05) is 19.8 Å². The molecule has 2 atom stereocenters. The first kappa shape index (κ1) is 19.6. The molecule has 4 heteroatoms. The van der Waals surface area contributed by atoms with Gasteiger partial charge < -0.3 is 19.9 Å². The maximum atomic E-state index is 6.06. The molecule has 0 spiro atoms. The maximum Gasteiger partial charge on any atom is 0.203 e. The van der Waals surface area contributed by atoms with Crippen LogP contribution in [0, 0.1) is 0 Å². The normalized spacial score (nSPS) is 13.5. The third-order valence-corrected chi connectivity index (χ3v) is 4.01. The van der Waals surface area contributed by atoms with Crippen LogP contribution in [0.5, 0.6) is 17.2 Å². The van der Waals surface area contributed by atoms with Gasteiger partial charge >= 0.3 is 0 Å². The molecule has 0 amide bonds. The predicted molar refractivity (Wildman–Crippen MR) is 95.9 cm³/mol. The molecule has 23 heavy (non-hydrogen) atoms. The van der Waals surface area contributed by atoms with Crippen molar-refractivity contribution in [3.05, 3.63) is 17.7 Å². The highest BCUT2D eigenvalue weighted by Crippen LogP contribution is 2.44. The van der Waals surface area contributed by atoms with E-state index in [0.717, 1.165) is 36.5 Å². The zero-order valence-corrected chi connectivity index (χ0v) is 15.4. The van der Waals surface area contributed by atoms with Gasteiger partial charge in [-0.05, 0) is 52.0 Å². The van der Waals surface area contributed by atoms with Gasteiger partial charge in [0.1, 0.15) is 0 Å². The highest BCUT2D eigenvalue weighted by molar-refractivity contribution is 5.56. The number of hydrogen-bond donors (Lipinski definition) is 1. The average molecular weight is 323 g/mol. The van der Waals surface area contributed by atoms with Crippen molar-refractivity contribution in [2.45, 2.75) is 65.8 Å². The van der Waals surface area contributed by atoms with Crippen LogP contribution < -0.4 is 19.9 Å². The quantitative estimate of drug-likeness (QED) is 0.651. The minimum absolute atomic E-state index is 0.266. The molecule has 2 N–H and O–H groups in total. The van der Waals surface area contributed by atoms with Gasteiger partial charge in [0, 0.05) is 11.6 Å². The largest absolute Gasteiger partial charge is 0.490 e. The Kier molecular flexibility index (Phi) is 8.85. The van der Waals surface area contributed by atoms with Crippen molar-refractivity contribution in [2.24, 2.45) is 5.73 Å². The van der Waals surface area contributed by atoms with Gasteiger partial charge in [0.2, 0.25) is 5.75 Å². The van der Waals surface area contributed by atoms with Crippen LogP contribution in [0.1, 0.15) is 65.4 Å². The first-order valence-electron chi connectivity index (χ1n) is 8.89. The molecule has 0 radical (unpaired) electrons. The molecular weight excluding hydrogens is 290 g/mol. The lowest BCUT2D eigenvalue weighted by Gasteiger charge is -2.22. The Morgan fingerprint density at radius 1 is 0.870 bits per heavy atom. The molecule has 1 aromatic rings. The summed E-state index contributed by atoms with van der Waals surface area (Å²) in [5, 5.41) is 0. The fraction of sp³-hybridized carbons (Fsp3) is 0.684. The molecule has 0 aliphatic heterocycles. The van der Waals surface area contributed by atoms with Crippen molar-refractivity contribution < 1.29 is 14.2 Å². The summed E-state index contributed by atoms with van der Waals surface area (Å²) < 4.78 is 17.5. The molecule has 0 aliphatic rings. The Hall–Kier alpha value is -1.42. The lowest BCUT2D eigenvalue weighted by molar-refractivity contribution is 0.258. The van der Waals surface area contributed by atoms with Gasteiger partial charge in [0.25, 0.3) is 0 Å². The van der Waals surface area contributed by atoms with Gasteiger partial charge in [-0.3, -0.25) is 0 Å². The summed E-state index contributed by atoms with van der Waals surface area (Å²) in [5.41, 5.74) is 7.23. The summed E-state index contributed by atoms with van der Waals surface area (Å²) in [6.07, 6.45) is 3.06. The van der Waals surface area contributed by atoms with E-state index in [0.29, 0.717) is 25.7 Å². The Morgan fingerprint density at radius 2 is 1.48 bits per heavy atom. The molecule has 4 nitrogen and oxygen atoms in total. The third kappa shape index (κ3) is 5.61. The van der Waals surface area contributed by atoms with E-state index >= 15 is 0 Å². The number of benzene rings is 1.